The normalized spacial score (nSPS) is 25.9. The summed E-state index contributed by atoms with van der Waals surface area (Å²) in [5.41, 5.74) is -0.350. The minimum absolute atomic E-state index is 0.00635. The van der Waals surface area contributed by atoms with Gasteiger partial charge in [-0.25, -0.2) is 0 Å². The number of hydrogen-bond donors (Lipinski definition) is 1. The van der Waals surface area contributed by atoms with Gasteiger partial charge in [0.15, 0.2) is 0 Å². The van der Waals surface area contributed by atoms with Crippen LogP contribution in [0.2, 0.25) is 0 Å². The van der Waals surface area contributed by atoms with Crippen molar-refractivity contribution >= 4 is 11.8 Å². The number of carbonyl (C=O) groups excluding carboxylic acids is 2. The molecule has 0 bridgehead atoms. The third kappa shape index (κ3) is 6.19. The van der Waals surface area contributed by atoms with E-state index < -0.39 is 6.04 Å². The van der Waals surface area contributed by atoms with Gasteiger partial charge in [0.05, 0.1) is 6.04 Å². The lowest BCUT2D eigenvalue weighted by atomic mass is 9.84. The highest BCUT2D eigenvalue weighted by Gasteiger charge is 2.39. The largest absolute Gasteiger partial charge is 0.342 e. The molecule has 2 unspecified atom stereocenters. The zero-order valence-electron chi connectivity index (χ0n) is 20.7. The van der Waals surface area contributed by atoms with E-state index in [9.17, 15) is 9.59 Å². The molecular weight excluding hydrogens is 376 g/mol. The van der Waals surface area contributed by atoms with Gasteiger partial charge in [0.25, 0.3) is 0 Å². The van der Waals surface area contributed by atoms with Gasteiger partial charge in [-0.2, -0.15) is 0 Å². The van der Waals surface area contributed by atoms with Gasteiger partial charge >= 0.3 is 0 Å². The van der Waals surface area contributed by atoms with Gasteiger partial charge in [0.1, 0.15) is 6.04 Å². The number of carbonyl (C=O) groups is 2. The molecule has 0 spiro atoms. The summed E-state index contributed by atoms with van der Waals surface area (Å²) in [7, 11) is 3.93. The second kappa shape index (κ2) is 10.4. The molecule has 2 fully saturated rings. The molecule has 0 radical (unpaired) electrons. The second-order valence-electron chi connectivity index (χ2n) is 11.0. The topological polar surface area (TPSA) is 55.9 Å². The molecule has 2 amide bonds. The van der Waals surface area contributed by atoms with Crippen molar-refractivity contribution in [2.24, 2.45) is 11.3 Å². The average Bonchev–Trinajstić information content (AvgIpc) is 3.06. The van der Waals surface area contributed by atoms with E-state index >= 15 is 0 Å². The van der Waals surface area contributed by atoms with E-state index in [4.69, 9.17) is 0 Å². The SMILES string of the molecule is CC(C)[C@@H](CN1CCC[C@H]1C)N(C)C(=O)C(NC(=O)C1CCCCN1C)C(C)(C)C. The Hall–Kier alpha value is -1.14. The van der Waals surface area contributed by atoms with Gasteiger partial charge in [0.2, 0.25) is 11.8 Å². The van der Waals surface area contributed by atoms with Gasteiger partial charge < -0.3 is 10.2 Å². The molecule has 30 heavy (non-hydrogen) atoms. The smallest absolute Gasteiger partial charge is 0.245 e. The summed E-state index contributed by atoms with van der Waals surface area (Å²) in [6.07, 6.45) is 5.54. The molecule has 0 aromatic rings. The molecule has 0 saturated carbocycles. The fraction of sp³-hybridized carbons (Fsp3) is 0.917. The van der Waals surface area contributed by atoms with Crippen LogP contribution in [0.1, 0.15) is 73.6 Å². The van der Waals surface area contributed by atoms with Crippen LogP contribution in [0.3, 0.4) is 0 Å². The molecule has 6 nitrogen and oxygen atoms in total. The zero-order valence-corrected chi connectivity index (χ0v) is 20.7. The molecule has 0 aromatic heterocycles. The van der Waals surface area contributed by atoms with E-state index in [0.717, 1.165) is 38.9 Å². The second-order valence-corrected chi connectivity index (χ2v) is 11.0. The highest BCUT2D eigenvalue weighted by atomic mass is 16.2. The molecule has 174 valence electrons. The van der Waals surface area contributed by atoms with Crippen LogP contribution in [0, 0.1) is 11.3 Å². The van der Waals surface area contributed by atoms with Crippen LogP contribution in [-0.4, -0.2) is 84.4 Å². The maximum atomic E-state index is 13.7. The molecule has 2 aliphatic heterocycles. The minimum Gasteiger partial charge on any atom is -0.342 e. The maximum Gasteiger partial charge on any atom is 0.245 e. The number of likely N-dealkylation sites (N-methyl/N-ethyl adjacent to an activating group) is 2. The van der Waals surface area contributed by atoms with Crippen LogP contribution >= 0.6 is 0 Å². The van der Waals surface area contributed by atoms with Crippen LogP contribution in [0.15, 0.2) is 0 Å². The first-order chi connectivity index (χ1) is 13.9. The first-order valence-corrected chi connectivity index (χ1v) is 11.9. The summed E-state index contributed by atoms with van der Waals surface area (Å²) < 4.78 is 0. The van der Waals surface area contributed by atoms with E-state index in [2.05, 4.69) is 35.9 Å². The Morgan fingerprint density at radius 3 is 2.27 bits per heavy atom. The first-order valence-electron chi connectivity index (χ1n) is 11.9. The molecule has 2 saturated heterocycles. The molecule has 1 N–H and O–H groups in total. The van der Waals surface area contributed by atoms with Crippen molar-refractivity contribution in [1.29, 1.82) is 0 Å². The Kier molecular flexibility index (Phi) is 8.75. The number of likely N-dealkylation sites (tertiary alicyclic amines) is 2. The Balaban J connectivity index is 2.14. The van der Waals surface area contributed by atoms with Gasteiger partial charge in [-0.15, -0.1) is 0 Å². The number of rotatable bonds is 7. The predicted octanol–water partition coefficient (Wildman–Crippen LogP) is 2.97. The Morgan fingerprint density at radius 1 is 1.10 bits per heavy atom. The number of hydrogen-bond acceptors (Lipinski definition) is 4. The van der Waals surface area contributed by atoms with E-state index in [1.165, 1.54) is 12.8 Å². The quantitative estimate of drug-likeness (QED) is 0.685. The van der Waals surface area contributed by atoms with Crippen LogP contribution < -0.4 is 5.32 Å². The molecule has 0 aliphatic carbocycles. The summed E-state index contributed by atoms with van der Waals surface area (Å²) >= 11 is 0. The zero-order chi connectivity index (χ0) is 22.6. The van der Waals surface area contributed by atoms with Crippen LogP contribution in [-0.2, 0) is 9.59 Å². The first kappa shape index (κ1) is 25.1. The van der Waals surface area contributed by atoms with Crippen LogP contribution in [0.4, 0.5) is 0 Å². The highest BCUT2D eigenvalue weighted by Crippen LogP contribution is 2.26. The van der Waals surface area contributed by atoms with Crippen molar-refractivity contribution in [1.82, 2.24) is 20.0 Å². The van der Waals surface area contributed by atoms with Crippen molar-refractivity contribution in [3.05, 3.63) is 0 Å². The third-order valence-electron chi connectivity index (χ3n) is 7.20. The van der Waals surface area contributed by atoms with Crippen molar-refractivity contribution in [2.45, 2.75) is 97.8 Å². The van der Waals surface area contributed by atoms with Crippen molar-refractivity contribution in [3.63, 3.8) is 0 Å². The van der Waals surface area contributed by atoms with Crippen molar-refractivity contribution in [3.8, 4) is 0 Å². The standard InChI is InChI=1S/C24H46N4O2/c1-17(2)20(16-28-15-11-12-18(28)3)27(8)23(30)21(24(4,5)6)25-22(29)19-13-9-10-14-26(19)7/h17-21H,9-16H2,1-8H3,(H,25,29)/t18-,19?,20-,21?/m1/s1. The van der Waals surface area contributed by atoms with Crippen LogP contribution in [0.25, 0.3) is 0 Å². The van der Waals surface area contributed by atoms with Gasteiger partial charge in [-0.3, -0.25) is 19.4 Å². The third-order valence-corrected chi connectivity index (χ3v) is 7.20. The average molecular weight is 423 g/mol. The summed E-state index contributed by atoms with van der Waals surface area (Å²) in [4.78, 5) is 33.3. The Bertz CT molecular complexity index is 586. The fourth-order valence-corrected chi connectivity index (χ4v) is 4.95. The number of nitrogens with zero attached hydrogens (tertiary/aromatic N) is 3. The van der Waals surface area contributed by atoms with E-state index in [1.807, 2.05) is 39.8 Å². The Morgan fingerprint density at radius 2 is 1.77 bits per heavy atom. The van der Waals surface area contributed by atoms with E-state index in [0.29, 0.717) is 12.0 Å². The van der Waals surface area contributed by atoms with Gasteiger partial charge in [0, 0.05) is 25.7 Å². The summed E-state index contributed by atoms with van der Waals surface area (Å²) in [6, 6.07) is 0.0579. The number of amides is 2. The van der Waals surface area contributed by atoms with Gasteiger partial charge in [-0.1, -0.05) is 41.0 Å². The molecule has 0 aromatic carbocycles. The molecule has 2 heterocycles. The summed E-state index contributed by atoms with van der Waals surface area (Å²) in [5, 5.41) is 3.15. The molecule has 6 heteroatoms. The minimum atomic E-state index is -0.525. The number of nitrogens with one attached hydrogen (secondary N) is 1. The molecular formula is C24H46N4O2. The van der Waals surface area contributed by atoms with Gasteiger partial charge in [-0.05, 0) is 64.1 Å². The van der Waals surface area contributed by atoms with Crippen molar-refractivity contribution in [2.75, 3.05) is 33.7 Å². The summed E-state index contributed by atoms with van der Waals surface area (Å²) in [6.45, 7) is 15.7. The van der Waals surface area contributed by atoms with Crippen LogP contribution in [0.5, 0.6) is 0 Å². The van der Waals surface area contributed by atoms with E-state index in [1.54, 1.807) is 0 Å². The highest BCUT2D eigenvalue weighted by molar-refractivity contribution is 5.90. The maximum absolute atomic E-state index is 13.7. The lowest BCUT2D eigenvalue weighted by Crippen LogP contribution is -2.60. The Labute approximate surface area is 184 Å². The lowest BCUT2D eigenvalue weighted by Gasteiger charge is -2.41. The monoisotopic (exact) mass is 422 g/mol. The fourth-order valence-electron chi connectivity index (χ4n) is 4.95. The number of piperidine rings is 1. The molecule has 4 atom stereocenters. The summed E-state index contributed by atoms with van der Waals surface area (Å²) in [5.74, 6) is 0.376. The molecule has 2 aliphatic rings. The lowest BCUT2D eigenvalue weighted by molar-refractivity contribution is -0.142. The van der Waals surface area contributed by atoms with E-state index in [-0.39, 0.29) is 29.3 Å². The predicted molar refractivity (Wildman–Crippen MR) is 123 cm³/mol. The molecule has 2 rings (SSSR count). The van der Waals surface area contributed by atoms with Crippen molar-refractivity contribution < 1.29 is 9.59 Å².